The number of aliphatic hydroxyl groups excluding tert-OH is 2. The molecule has 1 fully saturated rings. The number of benzene rings is 1. The molecule has 1 saturated heterocycles. The van der Waals surface area contributed by atoms with Crippen LogP contribution in [0.2, 0.25) is 0 Å². The van der Waals surface area contributed by atoms with Crippen LogP contribution in [0.25, 0.3) is 0 Å². The van der Waals surface area contributed by atoms with Gasteiger partial charge in [-0.15, -0.1) is 0 Å². The number of halogens is 2. The zero-order valence-corrected chi connectivity index (χ0v) is 27.3. The van der Waals surface area contributed by atoms with E-state index in [2.05, 4.69) is 26.6 Å². The van der Waals surface area contributed by atoms with Crippen molar-refractivity contribution in [3.63, 3.8) is 0 Å². The second kappa shape index (κ2) is 18.6. The Kier molecular flexibility index (Phi) is 14.7. The van der Waals surface area contributed by atoms with Crippen LogP contribution in [0.1, 0.15) is 42.5 Å². The number of aliphatic hydroxyl groups is 2. The number of amides is 4. The molecule has 4 amide bonds. The fourth-order valence-electron chi connectivity index (χ4n) is 5.40. The van der Waals surface area contributed by atoms with Gasteiger partial charge in [0.05, 0.1) is 25.0 Å². The number of nitrogens with zero attached hydrogens (tertiary/aromatic N) is 3. The summed E-state index contributed by atoms with van der Waals surface area (Å²) in [6.07, 6.45) is -0.0962. The van der Waals surface area contributed by atoms with Gasteiger partial charge in [-0.25, -0.2) is 37.7 Å². The van der Waals surface area contributed by atoms with Crippen molar-refractivity contribution in [3.05, 3.63) is 76.8 Å². The molecule has 0 bridgehead atoms. The number of likely N-dealkylation sites (tertiary alicyclic amines) is 1. The molecule has 2 aliphatic heterocycles. The number of ether oxygens (including phenoxy) is 2. The molecular weight excluding hydrogens is 668 g/mol. The van der Waals surface area contributed by atoms with Gasteiger partial charge in [-0.2, -0.15) is 0 Å². The zero-order valence-electron chi connectivity index (χ0n) is 27.3. The summed E-state index contributed by atoms with van der Waals surface area (Å²) in [5.41, 5.74) is 1.07. The summed E-state index contributed by atoms with van der Waals surface area (Å²) in [6.45, 7) is 2.66. The molecule has 0 radical (unpaired) electrons. The lowest BCUT2D eigenvalue weighted by Crippen LogP contribution is -2.55. The maximum absolute atomic E-state index is 14.2. The van der Waals surface area contributed by atoms with Gasteiger partial charge < -0.3 is 45.4 Å². The zero-order chi connectivity index (χ0) is 37.0. The maximum atomic E-state index is 14.2. The molecule has 18 heteroatoms. The van der Waals surface area contributed by atoms with Crippen LogP contribution in [0.15, 0.2) is 53.9 Å². The van der Waals surface area contributed by atoms with Crippen molar-refractivity contribution >= 4 is 30.0 Å². The van der Waals surface area contributed by atoms with Gasteiger partial charge in [0.25, 0.3) is 0 Å². The summed E-state index contributed by atoms with van der Waals surface area (Å²) in [7, 11) is 2.50. The molecule has 0 aliphatic carbocycles. The molecule has 272 valence electrons. The molecule has 2 unspecified atom stereocenters. The predicted octanol–water partition coefficient (Wildman–Crippen LogP) is 1.36. The summed E-state index contributed by atoms with van der Waals surface area (Å²) >= 11 is 0. The number of methoxy groups -OCH3 is 2. The van der Waals surface area contributed by atoms with Crippen molar-refractivity contribution < 1.29 is 62.7 Å². The first-order valence-electron chi connectivity index (χ1n) is 15.4. The van der Waals surface area contributed by atoms with E-state index in [-0.39, 0.29) is 30.0 Å². The summed E-state index contributed by atoms with van der Waals surface area (Å²) in [5, 5.41) is 37.7. The van der Waals surface area contributed by atoms with Gasteiger partial charge in [0.1, 0.15) is 6.04 Å². The first kappa shape index (κ1) is 39.4. The average molecular weight is 708 g/mol. The van der Waals surface area contributed by atoms with Gasteiger partial charge in [0, 0.05) is 31.5 Å². The molecule has 1 aromatic heterocycles. The molecule has 6 N–H and O–H groups in total. The second-order valence-corrected chi connectivity index (χ2v) is 11.2. The number of piperidine rings is 1. The summed E-state index contributed by atoms with van der Waals surface area (Å²) in [6, 6.07) is 5.89. The Morgan fingerprint density at radius 1 is 1.02 bits per heavy atom. The van der Waals surface area contributed by atoms with Gasteiger partial charge in [-0.3, -0.25) is 4.98 Å². The van der Waals surface area contributed by atoms with Crippen LogP contribution in [-0.4, -0.2) is 124 Å². The van der Waals surface area contributed by atoms with Crippen molar-refractivity contribution in [2.45, 2.75) is 43.4 Å². The summed E-state index contributed by atoms with van der Waals surface area (Å²) in [4.78, 5) is 66.2. The predicted molar refractivity (Wildman–Crippen MR) is 168 cm³/mol. The average Bonchev–Trinajstić information content (AvgIpc) is 3.11. The summed E-state index contributed by atoms with van der Waals surface area (Å²) in [5.74, 6) is -6.25. The van der Waals surface area contributed by atoms with Crippen LogP contribution in [-0.2, 0) is 23.9 Å². The van der Waals surface area contributed by atoms with Crippen LogP contribution in [0, 0.1) is 11.6 Å². The molecule has 3 heterocycles. The quantitative estimate of drug-likeness (QED) is 0.135. The number of esters is 1. The smallest absolute Gasteiger partial charge is 0.338 e. The number of aromatic nitrogens is 1. The number of carboxylic acid groups (broad SMARTS) is 2. The van der Waals surface area contributed by atoms with Crippen molar-refractivity contribution in [2.24, 2.45) is 0 Å². The van der Waals surface area contributed by atoms with Gasteiger partial charge in [0.15, 0.2) is 23.8 Å². The number of carboxylic acids is 2. The summed E-state index contributed by atoms with van der Waals surface area (Å²) < 4.78 is 37.9. The Bertz CT molecular complexity index is 1540. The van der Waals surface area contributed by atoms with Gasteiger partial charge in [-0.1, -0.05) is 12.1 Å². The van der Waals surface area contributed by atoms with E-state index < -0.39 is 59.9 Å². The molecule has 4 rings (SSSR count). The van der Waals surface area contributed by atoms with Crippen molar-refractivity contribution in [1.82, 2.24) is 25.4 Å². The highest BCUT2D eigenvalue weighted by Crippen LogP contribution is 2.35. The maximum Gasteiger partial charge on any atom is 0.338 e. The number of nitrogens with one attached hydrogen (secondary N) is 2. The first-order valence-corrected chi connectivity index (χ1v) is 15.4. The fourth-order valence-corrected chi connectivity index (χ4v) is 5.40. The Balaban J connectivity index is 0.000000588. The van der Waals surface area contributed by atoms with E-state index in [1.165, 1.54) is 13.2 Å². The largest absolute Gasteiger partial charge is 0.479 e. The van der Waals surface area contributed by atoms with E-state index in [4.69, 9.17) is 29.9 Å². The standard InChI is InChI=1S/C28H33F2N5O5.C4H6O6/c1-39-17-23-24(26(36)40-2)25(19-7-8-20(29)21(30)16-19)35(28(38)33-23)27(37)32-12-5-13-34-14-9-18(10-15-34)22-6-3-4-11-31-22;5-1(3(7)8)2(6)4(9)10/h3-4,6-8,11,16,18,25H,5,9-10,12-15,17H2,1-2H3,(H,32,37)(H,33,38);1-2,5-6H,(H,7,8)(H,9,10)/t25-;/m0./s1. The lowest BCUT2D eigenvalue weighted by molar-refractivity contribution is -0.165. The van der Waals surface area contributed by atoms with Gasteiger partial charge >= 0.3 is 30.0 Å². The number of aliphatic carboxylic acids is 2. The lowest BCUT2D eigenvalue weighted by Gasteiger charge is -2.36. The Labute approximate surface area is 285 Å². The van der Waals surface area contributed by atoms with E-state index in [1.807, 2.05) is 18.3 Å². The number of imide groups is 1. The number of hydrogen-bond donors (Lipinski definition) is 6. The molecule has 16 nitrogen and oxygen atoms in total. The normalized spacial score (nSPS) is 17.9. The molecule has 0 saturated carbocycles. The van der Waals surface area contributed by atoms with Crippen molar-refractivity contribution in [2.75, 3.05) is 47.0 Å². The monoisotopic (exact) mass is 707 g/mol. The van der Waals surface area contributed by atoms with Crippen LogP contribution in [0.3, 0.4) is 0 Å². The van der Waals surface area contributed by atoms with E-state index in [0.29, 0.717) is 12.3 Å². The second-order valence-electron chi connectivity index (χ2n) is 11.2. The van der Waals surface area contributed by atoms with Crippen LogP contribution >= 0.6 is 0 Å². The van der Waals surface area contributed by atoms with Crippen molar-refractivity contribution in [1.29, 1.82) is 0 Å². The highest BCUT2D eigenvalue weighted by Gasteiger charge is 2.43. The van der Waals surface area contributed by atoms with Crippen LogP contribution in [0.5, 0.6) is 0 Å². The topological polar surface area (TPSA) is 228 Å². The minimum atomic E-state index is -2.27. The number of rotatable bonds is 12. The number of urea groups is 2. The van der Waals surface area contributed by atoms with Gasteiger partial charge in [0.2, 0.25) is 0 Å². The highest BCUT2D eigenvalue weighted by molar-refractivity contribution is 6.01. The fraction of sp³-hybridized carbons (Fsp3) is 0.438. The Hall–Kier alpha value is -5.04. The molecular formula is C32H39F2N5O11. The number of carbonyl (C=O) groups excluding carboxylic acids is 3. The van der Waals surface area contributed by atoms with E-state index in [9.17, 15) is 32.8 Å². The van der Waals surface area contributed by atoms with Crippen LogP contribution < -0.4 is 10.6 Å². The third-order valence-corrected chi connectivity index (χ3v) is 7.93. The Morgan fingerprint density at radius 3 is 2.22 bits per heavy atom. The molecule has 2 aliphatic rings. The minimum Gasteiger partial charge on any atom is -0.479 e. The highest BCUT2D eigenvalue weighted by atomic mass is 19.2. The molecule has 0 spiro atoms. The molecule has 3 atom stereocenters. The first-order chi connectivity index (χ1) is 23.8. The van der Waals surface area contributed by atoms with E-state index in [0.717, 1.165) is 62.3 Å². The molecule has 2 aromatic rings. The Morgan fingerprint density at radius 2 is 1.68 bits per heavy atom. The third kappa shape index (κ3) is 10.2. The number of pyridine rings is 1. The number of carbonyl (C=O) groups is 5. The SMILES string of the molecule is COCC1=C(C(=O)OC)[C@H](c2ccc(F)c(F)c2)N(C(=O)NCCCN2CCC(c3ccccn3)CC2)C(=O)N1.O=C(O)C(O)C(O)C(=O)O. The molecule has 50 heavy (non-hydrogen) atoms. The van der Waals surface area contributed by atoms with Gasteiger partial charge in [-0.05, 0) is 68.7 Å². The van der Waals surface area contributed by atoms with Crippen molar-refractivity contribution in [3.8, 4) is 0 Å². The lowest BCUT2D eigenvalue weighted by atomic mass is 9.93. The van der Waals surface area contributed by atoms with E-state index >= 15 is 0 Å². The number of hydrogen-bond acceptors (Lipinski definition) is 11. The molecule has 1 aromatic carbocycles. The minimum absolute atomic E-state index is 0.0219. The third-order valence-electron chi connectivity index (χ3n) is 7.93. The van der Waals surface area contributed by atoms with Crippen LogP contribution in [0.4, 0.5) is 18.4 Å². The van der Waals surface area contributed by atoms with E-state index in [1.54, 1.807) is 0 Å².